The summed E-state index contributed by atoms with van der Waals surface area (Å²) in [5.74, 6) is 0.886. The molecule has 6 heteroatoms. The molecule has 1 aliphatic carbocycles. The van der Waals surface area contributed by atoms with Crippen LogP contribution in [0.1, 0.15) is 19.3 Å². The number of carbonyl (C=O) groups excluding carboxylic acids is 1. The minimum Gasteiger partial charge on any atom is -0.497 e. The van der Waals surface area contributed by atoms with Crippen molar-refractivity contribution in [2.24, 2.45) is 5.92 Å². The topological polar surface area (TPSA) is 70.6 Å². The number of hydrogen-bond donors (Lipinski definition) is 3. The van der Waals surface area contributed by atoms with Crippen molar-refractivity contribution in [2.45, 2.75) is 25.4 Å². The molecule has 110 valence electrons. The van der Waals surface area contributed by atoms with Crippen LogP contribution >= 0.6 is 15.9 Å². The molecule has 20 heavy (non-hydrogen) atoms. The Hall–Kier alpha value is -1.27. The summed E-state index contributed by atoms with van der Waals surface area (Å²) in [6.07, 6.45) is 2.54. The molecule has 2 rings (SSSR count). The Morgan fingerprint density at radius 2 is 2.30 bits per heavy atom. The molecular formula is C14H19BrN2O3. The lowest BCUT2D eigenvalue weighted by Gasteiger charge is -2.16. The molecule has 0 heterocycles. The van der Waals surface area contributed by atoms with Crippen LogP contribution in [0.25, 0.3) is 0 Å². The summed E-state index contributed by atoms with van der Waals surface area (Å²) in [5, 5.41) is 15.3. The van der Waals surface area contributed by atoms with Gasteiger partial charge in [0.25, 0.3) is 0 Å². The average molecular weight is 343 g/mol. The number of ether oxygens (including phenoxy) is 1. The lowest BCUT2D eigenvalue weighted by atomic mass is 10.1. The normalized spacial score (nSPS) is 21.6. The summed E-state index contributed by atoms with van der Waals surface area (Å²) in [7, 11) is 1.59. The number of hydrogen-bond acceptors (Lipinski definition) is 3. The maximum Gasteiger partial charge on any atom is 0.319 e. The fraction of sp³-hybridized carbons (Fsp3) is 0.500. The van der Waals surface area contributed by atoms with Crippen molar-refractivity contribution in [1.29, 1.82) is 0 Å². The van der Waals surface area contributed by atoms with E-state index in [0.29, 0.717) is 12.2 Å². The molecule has 2 amide bonds. The quantitative estimate of drug-likeness (QED) is 0.787. The SMILES string of the molecule is COc1ccc(NC(=O)NC[C@H]2CCC[C@H]2O)c(Br)c1. The average Bonchev–Trinajstić information content (AvgIpc) is 2.84. The van der Waals surface area contributed by atoms with Crippen molar-refractivity contribution in [1.82, 2.24) is 5.32 Å². The molecule has 1 aromatic carbocycles. The van der Waals surface area contributed by atoms with Crippen LogP contribution in [0.4, 0.5) is 10.5 Å². The summed E-state index contributed by atoms with van der Waals surface area (Å²) < 4.78 is 5.85. The first-order chi connectivity index (χ1) is 9.60. The molecule has 5 nitrogen and oxygen atoms in total. The number of halogens is 1. The molecular weight excluding hydrogens is 324 g/mol. The molecule has 0 radical (unpaired) electrons. The third-order valence-corrected chi connectivity index (χ3v) is 4.22. The lowest BCUT2D eigenvalue weighted by Crippen LogP contribution is -2.35. The van der Waals surface area contributed by atoms with Gasteiger partial charge in [-0.1, -0.05) is 6.42 Å². The van der Waals surface area contributed by atoms with Crippen LogP contribution in [-0.4, -0.2) is 30.9 Å². The van der Waals surface area contributed by atoms with Gasteiger partial charge in [0.1, 0.15) is 5.75 Å². The zero-order chi connectivity index (χ0) is 14.5. The minimum absolute atomic E-state index is 0.167. The van der Waals surface area contributed by atoms with Crippen molar-refractivity contribution < 1.29 is 14.6 Å². The molecule has 2 atom stereocenters. The van der Waals surface area contributed by atoms with Crippen LogP contribution in [0, 0.1) is 5.92 Å². The smallest absolute Gasteiger partial charge is 0.319 e. The zero-order valence-electron chi connectivity index (χ0n) is 11.4. The Bertz CT molecular complexity index is 481. The van der Waals surface area contributed by atoms with Gasteiger partial charge in [-0.2, -0.15) is 0 Å². The molecule has 0 bridgehead atoms. The van der Waals surface area contributed by atoms with E-state index < -0.39 is 0 Å². The van der Waals surface area contributed by atoms with E-state index in [1.165, 1.54) is 0 Å². The zero-order valence-corrected chi connectivity index (χ0v) is 12.9. The summed E-state index contributed by atoms with van der Waals surface area (Å²) in [6, 6.07) is 5.07. The Balaban J connectivity index is 1.85. The van der Waals surface area contributed by atoms with Crippen LogP contribution in [0.2, 0.25) is 0 Å². The first-order valence-corrected chi connectivity index (χ1v) is 7.46. The van der Waals surface area contributed by atoms with Crippen molar-refractivity contribution in [3.05, 3.63) is 22.7 Å². The van der Waals surface area contributed by atoms with Gasteiger partial charge < -0.3 is 20.5 Å². The highest BCUT2D eigenvalue weighted by molar-refractivity contribution is 9.10. The monoisotopic (exact) mass is 342 g/mol. The number of carbonyl (C=O) groups is 1. The van der Waals surface area contributed by atoms with E-state index in [1.54, 1.807) is 25.3 Å². The predicted octanol–water partition coefficient (Wildman–Crippen LogP) is 2.74. The number of urea groups is 1. The Labute approximate surface area is 126 Å². The molecule has 3 N–H and O–H groups in total. The fourth-order valence-corrected chi connectivity index (χ4v) is 2.83. The molecule has 1 aliphatic rings. The van der Waals surface area contributed by atoms with Crippen LogP contribution in [0.3, 0.4) is 0 Å². The second-order valence-electron chi connectivity index (χ2n) is 4.94. The number of anilines is 1. The van der Waals surface area contributed by atoms with E-state index in [4.69, 9.17) is 4.74 Å². The van der Waals surface area contributed by atoms with Gasteiger partial charge in [0.05, 0.1) is 18.9 Å². The molecule has 0 aromatic heterocycles. The number of aliphatic hydroxyl groups excluding tert-OH is 1. The van der Waals surface area contributed by atoms with Crippen molar-refractivity contribution in [3.8, 4) is 5.75 Å². The Kier molecular flexibility index (Phi) is 5.25. The van der Waals surface area contributed by atoms with E-state index in [9.17, 15) is 9.90 Å². The highest BCUT2D eigenvalue weighted by Crippen LogP contribution is 2.27. The molecule has 0 saturated heterocycles. The van der Waals surface area contributed by atoms with Gasteiger partial charge in [0.2, 0.25) is 0 Å². The van der Waals surface area contributed by atoms with Gasteiger partial charge in [-0.3, -0.25) is 0 Å². The number of methoxy groups -OCH3 is 1. The van der Waals surface area contributed by atoms with Gasteiger partial charge in [0.15, 0.2) is 0 Å². The molecule has 1 saturated carbocycles. The van der Waals surface area contributed by atoms with Crippen molar-refractivity contribution in [2.75, 3.05) is 19.0 Å². The standard InChI is InChI=1S/C14H19BrN2O3/c1-20-10-5-6-12(11(15)7-10)17-14(19)16-8-9-3-2-4-13(9)18/h5-7,9,13,18H,2-4,8H2,1H3,(H2,16,17,19)/t9-,13-/m1/s1. The molecule has 0 aliphatic heterocycles. The second kappa shape index (κ2) is 6.95. The van der Waals surface area contributed by atoms with E-state index in [0.717, 1.165) is 29.5 Å². The molecule has 0 unspecified atom stereocenters. The van der Waals surface area contributed by atoms with Gasteiger partial charge in [-0.05, 0) is 47.0 Å². The van der Waals surface area contributed by atoms with Crippen LogP contribution in [0.5, 0.6) is 5.75 Å². The maximum atomic E-state index is 11.8. The third-order valence-electron chi connectivity index (χ3n) is 3.57. The Morgan fingerprint density at radius 3 is 2.90 bits per heavy atom. The number of aliphatic hydroxyl groups is 1. The van der Waals surface area contributed by atoms with Crippen LogP contribution < -0.4 is 15.4 Å². The molecule has 1 aromatic rings. The first-order valence-electron chi connectivity index (χ1n) is 6.66. The largest absolute Gasteiger partial charge is 0.497 e. The van der Waals surface area contributed by atoms with Gasteiger partial charge in [-0.25, -0.2) is 4.79 Å². The van der Waals surface area contributed by atoms with Crippen LogP contribution in [0.15, 0.2) is 22.7 Å². The second-order valence-corrected chi connectivity index (χ2v) is 5.79. The lowest BCUT2D eigenvalue weighted by molar-refractivity contribution is 0.133. The number of nitrogens with one attached hydrogen (secondary N) is 2. The number of benzene rings is 1. The van der Waals surface area contributed by atoms with E-state index in [-0.39, 0.29) is 18.1 Å². The van der Waals surface area contributed by atoms with Crippen molar-refractivity contribution in [3.63, 3.8) is 0 Å². The van der Waals surface area contributed by atoms with E-state index in [2.05, 4.69) is 26.6 Å². The van der Waals surface area contributed by atoms with Crippen LogP contribution in [-0.2, 0) is 0 Å². The van der Waals surface area contributed by atoms with Gasteiger partial charge >= 0.3 is 6.03 Å². The minimum atomic E-state index is -0.289. The van der Waals surface area contributed by atoms with E-state index >= 15 is 0 Å². The van der Waals surface area contributed by atoms with E-state index in [1.807, 2.05) is 0 Å². The number of rotatable bonds is 4. The highest BCUT2D eigenvalue weighted by Gasteiger charge is 2.25. The molecule has 0 spiro atoms. The Morgan fingerprint density at radius 1 is 1.50 bits per heavy atom. The highest BCUT2D eigenvalue weighted by atomic mass is 79.9. The first kappa shape index (κ1) is 15.1. The van der Waals surface area contributed by atoms with Gasteiger partial charge in [0, 0.05) is 16.9 Å². The fourth-order valence-electron chi connectivity index (χ4n) is 2.37. The summed E-state index contributed by atoms with van der Waals surface area (Å²) in [5.41, 5.74) is 0.676. The third kappa shape index (κ3) is 3.86. The summed E-state index contributed by atoms with van der Waals surface area (Å²) in [4.78, 5) is 11.8. The summed E-state index contributed by atoms with van der Waals surface area (Å²) in [6.45, 7) is 0.501. The number of amides is 2. The van der Waals surface area contributed by atoms with Gasteiger partial charge in [-0.15, -0.1) is 0 Å². The summed E-state index contributed by atoms with van der Waals surface area (Å²) >= 11 is 3.38. The molecule has 1 fully saturated rings. The van der Waals surface area contributed by atoms with Crippen molar-refractivity contribution >= 4 is 27.6 Å². The predicted molar refractivity (Wildman–Crippen MR) is 81.1 cm³/mol. The maximum absolute atomic E-state index is 11.8.